The Morgan fingerprint density at radius 3 is 2.54 bits per heavy atom. The van der Waals surface area contributed by atoms with E-state index in [0.717, 1.165) is 37.6 Å². The summed E-state index contributed by atoms with van der Waals surface area (Å²) in [6.07, 6.45) is 0.0356. The topological polar surface area (TPSA) is 36.8 Å². The lowest BCUT2D eigenvalue weighted by Crippen LogP contribution is -3.12. The molecule has 1 amide bonds. The number of para-hydroxylation sites is 2. The molecule has 2 aromatic rings. The van der Waals surface area contributed by atoms with Gasteiger partial charge in [0.25, 0.3) is 0 Å². The summed E-state index contributed by atoms with van der Waals surface area (Å²) in [7, 11) is 2.19. The second kappa shape index (κ2) is 7.45. The highest BCUT2D eigenvalue weighted by Crippen LogP contribution is 2.25. The van der Waals surface area contributed by atoms with Crippen molar-refractivity contribution in [2.75, 3.05) is 43.4 Å². The number of hydrogen-bond acceptors (Lipinski definition) is 2. The van der Waals surface area contributed by atoms with Crippen molar-refractivity contribution in [2.24, 2.45) is 0 Å². The Bertz CT molecular complexity index is 711. The number of quaternary nitrogens is 1. The summed E-state index contributed by atoms with van der Waals surface area (Å²) < 4.78 is 13.7. The first-order valence-electron chi connectivity index (χ1n) is 8.32. The molecule has 4 nitrogen and oxygen atoms in total. The van der Waals surface area contributed by atoms with Crippen LogP contribution in [0.1, 0.15) is 5.56 Å². The highest BCUT2D eigenvalue weighted by Gasteiger charge is 2.20. The van der Waals surface area contributed by atoms with E-state index in [1.54, 1.807) is 18.2 Å². The third-order valence-corrected chi connectivity index (χ3v) is 4.44. The number of nitrogens with one attached hydrogen (secondary N) is 2. The van der Waals surface area contributed by atoms with Gasteiger partial charge >= 0.3 is 0 Å². The van der Waals surface area contributed by atoms with Crippen molar-refractivity contribution >= 4 is 17.3 Å². The normalized spacial score (nSPS) is 15.3. The van der Waals surface area contributed by atoms with Crippen molar-refractivity contribution in [2.45, 2.75) is 6.42 Å². The van der Waals surface area contributed by atoms with Crippen molar-refractivity contribution in [3.63, 3.8) is 0 Å². The number of likely N-dealkylation sites (N-methyl/N-ethyl adjacent to an activating group) is 1. The average molecular weight is 328 g/mol. The quantitative estimate of drug-likeness (QED) is 0.889. The van der Waals surface area contributed by atoms with Gasteiger partial charge in [-0.1, -0.05) is 30.3 Å². The smallest absolute Gasteiger partial charge is 0.228 e. The molecule has 0 unspecified atom stereocenters. The molecule has 2 aromatic carbocycles. The number of nitrogens with zero attached hydrogens (tertiary/aromatic N) is 1. The minimum absolute atomic E-state index is 0.0356. The van der Waals surface area contributed by atoms with Crippen LogP contribution in [0.5, 0.6) is 0 Å². The van der Waals surface area contributed by atoms with E-state index in [-0.39, 0.29) is 18.1 Å². The fourth-order valence-electron chi connectivity index (χ4n) is 2.99. The monoisotopic (exact) mass is 328 g/mol. The van der Waals surface area contributed by atoms with E-state index in [1.165, 1.54) is 11.0 Å². The number of hydrogen-bond donors (Lipinski definition) is 2. The Balaban J connectivity index is 1.71. The molecular formula is C19H23FN3O+. The number of rotatable bonds is 4. The zero-order valence-electron chi connectivity index (χ0n) is 13.9. The standard InChI is InChI=1S/C19H22FN3O/c1-22-10-12-23(13-11-22)18-9-5-4-8-17(18)21-19(24)14-15-6-2-3-7-16(15)20/h2-9H,10-14H2,1H3,(H,21,24)/p+1. The summed E-state index contributed by atoms with van der Waals surface area (Å²) in [5.41, 5.74) is 2.24. The molecule has 0 spiro atoms. The third kappa shape index (κ3) is 3.92. The minimum atomic E-state index is -0.344. The lowest BCUT2D eigenvalue weighted by atomic mass is 10.1. The van der Waals surface area contributed by atoms with Gasteiger partial charge < -0.3 is 15.1 Å². The molecule has 0 aliphatic carbocycles. The van der Waals surface area contributed by atoms with Gasteiger partial charge in [0, 0.05) is 0 Å². The number of carbonyl (C=O) groups is 1. The maximum Gasteiger partial charge on any atom is 0.228 e. The van der Waals surface area contributed by atoms with Crippen LogP contribution in [0.4, 0.5) is 15.8 Å². The molecule has 1 saturated heterocycles. The number of carbonyl (C=O) groups excluding carboxylic acids is 1. The van der Waals surface area contributed by atoms with Crippen LogP contribution in [0.2, 0.25) is 0 Å². The molecule has 1 aliphatic rings. The zero-order valence-corrected chi connectivity index (χ0v) is 13.9. The molecule has 0 radical (unpaired) electrons. The van der Waals surface area contributed by atoms with Crippen molar-refractivity contribution in [1.29, 1.82) is 0 Å². The SMILES string of the molecule is C[NH+]1CCN(c2ccccc2NC(=O)Cc2ccccc2F)CC1. The largest absolute Gasteiger partial charge is 0.359 e. The first-order valence-corrected chi connectivity index (χ1v) is 8.32. The summed E-state index contributed by atoms with van der Waals surface area (Å²) >= 11 is 0. The molecule has 3 rings (SSSR count). The average Bonchev–Trinajstić information content (AvgIpc) is 2.58. The first kappa shape index (κ1) is 16.5. The Hall–Kier alpha value is -2.40. The van der Waals surface area contributed by atoms with Crippen LogP contribution in [0, 0.1) is 5.82 Å². The van der Waals surface area contributed by atoms with E-state index in [2.05, 4.69) is 17.3 Å². The molecule has 0 bridgehead atoms. The van der Waals surface area contributed by atoms with E-state index in [9.17, 15) is 9.18 Å². The predicted octanol–water partition coefficient (Wildman–Crippen LogP) is 1.34. The summed E-state index contributed by atoms with van der Waals surface area (Å²) in [6, 6.07) is 14.2. The van der Waals surface area contributed by atoms with Crippen LogP contribution in [-0.4, -0.2) is 39.1 Å². The van der Waals surface area contributed by atoms with Gasteiger partial charge in [0.2, 0.25) is 5.91 Å². The van der Waals surface area contributed by atoms with Gasteiger partial charge in [-0.15, -0.1) is 0 Å². The van der Waals surface area contributed by atoms with Crippen molar-refractivity contribution in [1.82, 2.24) is 0 Å². The minimum Gasteiger partial charge on any atom is -0.359 e. The highest BCUT2D eigenvalue weighted by molar-refractivity contribution is 5.95. The van der Waals surface area contributed by atoms with Gasteiger partial charge in [0.15, 0.2) is 0 Å². The number of piperazine rings is 1. The van der Waals surface area contributed by atoms with Crippen molar-refractivity contribution in [3.05, 3.63) is 59.9 Å². The van der Waals surface area contributed by atoms with Crippen molar-refractivity contribution in [3.8, 4) is 0 Å². The number of anilines is 2. The molecule has 126 valence electrons. The maximum absolute atomic E-state index is 13.7. The van der Waals surface area contributed by atoms with Crippen LogP contribution in [-0.2, 0) is 11.2 Å². The van der Waals surface area contributed by atoms with E-state index in [1.807, 2.05) is 24.3 Å². The van der Waals surface area contributed by atoms with Gasteiger partial charge in [0.1, 0.15) is 5.82 Å². The highest BCUT2D eigenvalue weighted by atomic mass is 19.1. The molecule has 0 aromatic heterocycles. The fourth-order valence-corrected chi connectivity index (χ4v) is 2.99. The first-order chi connectivity index (χ1) is 11.6. The van der Waals surface area contributed by atoms with E-state index >= 15 is 0 Å². The van der Waals surface area contributed by atoms with Crippen LogP contribution in [0.3, 0.4) is 0 Å². The molecular weight excluding hydrogens is 305 g/mol. The second-order valence-corrected chi connectivity index (χ2v) is 6.28. The Morgan fingerprint density at radius 2 is 1.79 bits per heavy atom. The summed E-state index contributed by atoms with van der Waals surface area (Å²) in [6.45, 7) is 4.09. The van der Waals surface area contributed by atoms with E-state index in [4.69, 9.17) is 0 Å². The van der Waals surface area contributed by atoms with Gasteiger partial charge in [-0.2, -0.15) is 0 Å². The summed E-state index contributed by atoms with van der Waals surface area (Å²) in [4.78, 5) is 16.1. The van der Waals surface area contributed by atoms with Crippen molar-refractivity contribution < 1.29 is 14.1 Å². The van der Waals surface area contributed by atoms with Crippen LogP contribution >= 0.6 is 0 Å². The van der Waals surface area contributed by atoms with Gasteiger partial charge in [0.05, 0.1) is 51.0 Å². The Kier molecular flexibility index (Phi) is 5.11. The zero-order chi connectivity index (χ0) is 16.9. The van der Waals surface area contributed by atoms with Crippen LogP contribution in [0.15, 0.2) is 48.5 Å². The molecule has 1 aliphatic heterocycles. The maximum atomic E-state index is 13.7. The number of benzene rings is 2. The molecule has 0 saturated carbocycles. The third-order valence-electron chi connectivity index (χ3n) is 4.44. The lowest BCUT2D eigenvalue weighted by molar-refractivity contribution is -0.880. The molecule has 1 heterocycles. The van der Waals surface area contributed by atoms with Gasteiger partial charge in [-0.3, -0.25) is 4.79 Å². The Labute approximate surface area is 141 Å². The van der Waals surface area contributed by atoms with Crippen LogP contribution < -0.4 is 15.1 Å². The predicted molar refractivity (Wildman–Crippen MR) is 94.0 cm³/mol. The molecule has 5 heteroatoms. The van der Waals surface area contributed by atoms with Crippen LogP contribution in [0.25, 0.3) is 0 Å². The van der Waals surface area contributed by atoms with Gasteiger partial charge in [-0.25, -0.2) is 4.39 Å². The molecule has 0 atom stereocenters. The summed E-state index contributed by atoms with van der Waals surface area (Å²) in [5.74, 6) is -0.546. The lowest BCUT2D eigenvalue weighted by Gasteiger charge is -2.33. The number of amides is 1. The van der Waals surface area contributed by atoms with Gasteiger partial charge in [-0.05, 0) is 23.8 Å². The Morgan fingerprint density at radius 1 is 1.12 bits per heavy atom. The molecule has 1 fully saturated rings. The van der Waals surface area contributed by atoms with E-state index in [0.29, 0.717) is 5.56 Å². The summed E-state index contributed by atoms with van der Waals surface area (Å²) in [5, 5.41) is 2.94. The number of halogens is 1. The molecule has 24 heavy (non-hydrogen) atoms. The second-order valence-electron chi connectivity index (χ2n) is 6.28. The van der Waals surface area contributed by atoms with E-state index < -0.39 is 0 Å². The molecule has 2 N–H and O–H groups in total. The fraction of sp³-hybridized carbons (Fsp3) is 0.316.